The summed E-state index contributed by atoms with van der Waals surface area (Å²) >= 11 is 0. The Hall–Kier alpha value is -2.21. The molecule has 0 aromatic carbocycles. The molecule has 11 atom stereocenters. The maximum atomic E-state index is 12.9. The van der Waals surface area contributed by atoms with Gasteiger partial charge in [0.25, 0.3) is 0 Å². The highest BCUT2D eigenvalue weighted by atomic mass is 16.7. The van der Waals surface area contributed by atoms with Gasteiger partial charge in [0.2, 0.25) is 5.91 Å². The molecule has 2 rings (SSSR count). The number of rotatable bonds is 27. The van der Waals surface area contributed by atoms with E-state index < -0.39 is 91.8 Å². The minimum atomic E-state index is -1.68. The van der Waals surface area contributed by atoms with Crippen LogP contribution in [0.25, 0.3) is 0 Å². The molecule has 2 aliphatic heterocycles. The zero-order valence-electron chi connectivity index (χ0n) is 33.0. The molecule has 0 saturated carbocycles. The van der Waals surface area contributed by atoms with E-state index >= 15 is 0 Å². The molecule has 0 radical (unpaired) electrons. The zero-order valence-corrected chi connectivity index (χ0v) is 33.0. The molecule has 2 aliphatic rings. The van der Waals surface area contributed by atoms with Gasteiger partial charge in [0.1, 0.15) is 37.1 Å². The number of aliphatic hydroxyl groups excluding tert-OH is 4. The van der Waals surface area contributed by atoms with Crippen molar-refractivity contribution in [2.75, 3.05) is 19.8 Å². The fourth-order valence-electron chi connectivity index (χ4n) is 6.40. The van der Waals surface area contributed by atoms with Crippen molar-refractivity contribution >= 4 is 17.8 Å². The summed E-state index contributed by atoms with van der Waals surface area (Å²) in [5.74, 6) is -1.44. The first-order valence-electron chi connectivity index (χ1n) is 20.2. The van der Waals surface area contributed by atoms with E-state index in [4.69, 9.17) is 34.2 Å². The second-order valence-corrected chi connectivity index (χ2v) is 14.5. The molecular formula is C39H70N2O13. The number of carbonyl (C=O) groups excluding carboxylic acids is 3. The number of aliphatic hydroxyl groups is 4. The van der Waals surface area contributed by atoms with Gasteiger partial charge < -0.3 is 59.9 Å². The van der Waals surface area contributed by atoms with Crippen LogP contribution >= 0.6 is 0 Å². The number of nitrogens with two attached hydrogens (primary N) is 1. The molecule has 2 saturated heterocycles. The standard InChI is InChI=1S/C39H70N2O13/c1-5-7-9-11-12-13-14-15-16-17-18-20-22-31(45)52-28(24-49-30(44)21-19-10-8-6-2)25-50-39-36(48)37(34(46)29(23-42)53-39)54-38-33(41-27(4)43)35(47)32(40)26(3)51-38/h14-15,26,28-29,32-39,42,46-48H,5-13,16-25,40H2,1-4H3,(H,41,43)/b15-14+/t26-,28-,29-,32+,33-,34-,35+,36-,37+,38+,39+/m1/s1. The lowest BCUT2D eigenvalue weighted by Gasteiger charge is -2.47. The van der Waals surface area contributed by atoms with Crippen LogP contribution in [-0.4, -0.2) is 125 Å². The number of hydrogen-bond donors (Lipinski definition) is 6. The van der Waals surface area contributed by atoms with Crippen LogP contribution in [0.4, 0.5) is 0 Å². The zero-order chi connectivity index (χ0) is 39.9. The SMILES string of the molecule is CCCCCCC/C=C/CCCCCC(=O)O[C@H](COC(=O)CCCCCC)CO[C@H]1O[C@H](CO)[C@@H](O)[C@H](O[C@@H]2O[C@H](C)[C@H](N)[C@H](O)[C@H]2NC(C)=O)[C@H]1O. The van der Waals surface area contributed by atoms with Gasteiger partial charge in [0.05, 0.1) is 31.5 Å². The van der Waals surface area contributed by atoms with Crippen molar-refractivity contribution in [2.24, 2.45) is 5.73 Å². The highest BCUT2D eigenvalue weighted by Crippen LogP contribution is 2.29. The van der Waals surface area contributed by atoms with Crippen LogP contribution < -0.4 is 11.1 Å². The number of nitrogens with one attached hydrogen (secondary N) is 1. The quantitative estimate of drug-likeness (QED) is 0.0401. The van der Waals surface area contributed by atoms with Gasteiger partial charge in [-0.3, -0.25) is 14.4 Å². The maximum absolute atomic E-state index is 12.9. The summed E-state index contributed by atoms with van der Waals surface area (Å²) in [6.07, 6.45) is 7.19. The number of hydrogen-bond acceptors (Lipinski definition) is 14. The molecule has 0 unspecified atom stereocenters. The lowest BCUT2D eigenvalue weighted by molar-refractivity contribution is -0.342. The lowest BCUT2D eigenvalue weighted by atomic mass is 9.94. The summed E-state index contributed by atoms with van der Waals surface area (Å²) in [6.45, 7) is 5.79. The normalized spacial score (nSPS) is 29.2. The molecule has 1 amide bonds. The fraction of sp³-hybridized carbons (Fsp3) is 0.872. The summed E-state index contributed by atoms with van der Waals surface area (Å²) < 4.78 is 34.3. The van der Waals surface area contributed by atoms with Crippen LogP contribution in [0.2, 0.25) is 0 Å². The first kappa shape index (κ1) is 47.9. The van der Waals surface area contributed by atoms with Crippen LogP contribution in [0.5, 0.6) is 0 Å². The molecule has 15 nitrogen and oxygen atoms in total. The molecule has 15 heteroatoms. The Balaban J connectivity index is 2.01. The van der Waals surface area contributed by atoms with Gasteiger partial charge in [-0.05, 0) is 45.4 Å². The second-order valence-electron chi connectivity index (χ2n) is 14.5. The summed E-state index contributed by atoms with van der Waals surface area (Å²) in [5.41, 5.74) is 6.04. The van der Waals surface area contributed by atoms with E-state index in [1.165, 1.54) is 39.0 Å². The molecular weight excluding hydrogens is 704 g/mol. The Bertz CT molecular complexity index is 1080. The molecule has 54 heavy (non-hydrogen) atoms. The number of amides is 1. The topological polar surface area (TPSA) is 226 Å². The van der Waals surface area contributed by atoms with Crippen LogP contribution in [0.3, 0.4) is 0 Å². The Morgan fingerprint density at radius 2 is 1.37 bits per heavy atom. The first-order chi connectivity index (χ1) is 25.9. The summed E-state index contributed by atoms with van der Waals surface area (Å²) in [7, 11) is 0. The third-order valence-corrected chi connectivity index (χ3v) is 9.73. The van der Waals surface area contributed by atoms with Crippen molar-refractivity contribution in [2.45, 2.75) is 198 Å². The molecule has 2 heterocycles. The largest absolute Gasteiger partial charge is 0.462 e. The van der Waals surface area contributed by atoms with Crippen molar-refractivity contribution in [3.63, 3.8) is 0 Å². The van der Waals surface area contributed by atoms with Gasteiger partial charge in [-0.25, -0.2) is 0 Å². The average molecular weight is 775 g/mol. The van der Waals surface area contributed by atoms with Crippen LogP contribution in [-0.2, 0) is 42.8 Å². The van der Waals surface area contributed by atoms with Gasteiger partial charge in [0.15, 0.2) is 18.7 Å². The summed E-state index contributed by atoms with van der Waals surface area (Å²) in [6, 6.07) is -2.01. The molecule has 314 valence electrons. The molecule has 0 bridgehead atoms. The lowest BCUT2D eigenvalue weighted by Crippen LogP contribution is -2.68. The fourth-order valence-corrected chi connectivity index (χ4v) is 6.40. The highest BCUT2D eigenvalue weighted by molar-refractivity contribution is 5.73. The van der Waals surface area contributed by atoms with E-state index in [1.807, 2.05) is 0 Å². The smallest absolute Gasteiger partial charge is 0.306 e. The van der Waals surface area contributed by atoms with Gasteiger partial charge >= 0.3 is 11.9 Å². The number of ether oxygens (including phenoxy) is 6. The average Bonchev–Trinajstić information content (AvgIpc) is 3.14. The summed E-state index contributed by atoms with van der Waals surface area (Å²) in [4.78, 5) is 37.2. The van der Waals surface area contributed by atoms with Gasteiger partial charge in [0, 0.05) is 19.8 Å². The van der Waals surface area contributed by atoms with Crippen LogP contribution in [0, 0.1) is 0 Å². The maximum Gasteiger partial charge on any atom is 0.306 e. The monoisotopic (exact) mass is 774 g/mol. The van der Waals surface area contributed by atoms with E-state index in [1.54, 1.807) is 6.92 Å². The Labute approximate surface area is 321 Å². The van der Waals surface area contributed by atoms with E-state index in [0.717, 1.165) is 44.9 Å². The number of carbonyl (C=O) groups is 3. The highest BCUT2D eigenvalue weighted by Gasteiger charge is 2.50. The Morgan fingerprint density at radius 1 is 0.778 bits per heavy atom. The molecule has 0 aromatic heterocycles. The van der Waals surface area contributed by atoms with Crippen LogP contribution in [0.15, 0.2) is 12.2 Å². The minimum absolute atomic E-state index is 0.157. The van der Waals surface area contributed by atoms with E-state index in [2.05, 4.69) is 31.3 Å². The number of esters is 2. The summed E-state index contributed by atoms with van der Waals surface area (Å²) in [5, 5.41) is 45.5. The van der Waals surface area contributed by atoms with Crippen molar-refractivity contribution < 1.29 is 63.2 Å². The molecule has 7 N–H and O–H groups in total. The Morgan fingerprint density at radius 3 is 1.98 bits per heavy atom. The third-order valence-electron chi connectivity index (χ3n) is 9.73. The van der Waals surface area contributed by atoms with Crippen molar-refractivity contribution in [3.8, 4) is 0 Å². The van der Waals surface area contributed by atoms with Crippen LogP contribution in [0.1, 0.15) is 130 Å². The third kappa shape index (κ3) is 17.7. The predicted molar refractivity (Wildman–Crippen MR) is 200 cm³/mol. The van der Waals surface area contributed by atoms with Crippen molar-refractivity contribution in [3.05, 3.63) is 12.2 Å². The van der Waals surface area contributed by atoms with Gasteiger partial charge in [-0.2, -0.15) is 0 Å². The number of allylic oxidation sites excluding steroid dienone is 2. The van der Waals surface area contributed by atoms with Crippen molar-refractivity contribution in [1.82, 2.24) is 5.32 Å². The predicted octanol–water partition coefficient (Wildman–Crippen LogP) is 3.06. The number of unbranched alkanes of at least 4 members (excludes halogenated alkanes) is 11. The van der Waals surface area contributed by atoms with Crippen molar-refractivity contribution in [1.29, 1.82) is 0 Å². The van der Waals surface area contributed by atoms with E-state index in [-0.39, 0.29) is 26.1 Å². The molecule has 2 fully saturated rings. The van der Waals surface area contributed by atoms with E-state index in [9.17, 15) is 34.8 Å². The Kier molecular flexibility index (Phi) is 24.3. The molecule has 0 spiro atoms. The second kappa shape index (κ2) is 27.4. The minimum Gasteiger partial charge on any atom is -0.462 e. The molecule has 0 aliphatic carbocycles. The van der Waals surface area contributed by atoms with Gasteiger partial charge in [-0.15, -0.1) is 0 Å². The van der Waals surface area contributed by atoms with Gasteiger partial charge in [-0.1, -0.05) is 77.4 Å². The first-order valence-corrected chi connectivity index (χ1v) is 20.2. The molecule has 0 aromatic rings. The van der Waals surface area contributed by atoms with E-state index in [0.29, 0.717) is 12.8 Å².